The average Bonchev–Trinajstić information content (AvgIpc) is 2.96. The molecule has 2 saturated carbocycles. The number of hydrogen-bond acceptors (Lipinski definition) is 1. The Morgan fingerprint density at radius 3 is 1.93 bits per heavy atom. The smallest absolute Gasteiger partial charge is 0.190 e. The fraction of sp³-hybridized carbons (Fsp3) is 0.529. The van der Waals surface area contributed by atoms with Gasteiger partial charge < -0.3 is 4.74 Å². The molecule has 0 unspecified atom stereocenters. The number of ether oxygens (including phenoxy) is 1. The van der Waals surface area contributed by atoms with Crippen molar-refractivity contribution in [2.75, 3.05) is 6.61 Å². The van der Waals surface area contributed by atoms with Crippen molar-refractivity contribution in [1.82, 2.24) is 0 Å². The van der Waals surface area contributed by atoms with Gasteiger partial charge in [-0.15, -0.1) is 6.58 Å². The van der Waals surface area contributed by atoms with E-state index in [1.807, 2.05) is 0 Å². The first-order chi connectivity index (χ1) is 19.7. The van der Waals surface area contributed by atoms with E-state index < -0.39 is 40.5 Å². The maximum Gasteiger partial charge on any atom is 0.190 e. The molecule has 0 spiro atoms. The normalized spacial score (nSPS) is 23.7. The van der Waals surface area contributed by atoms with Crippen molar-refractivity contribution in [2.24, 2.45) is 17.8 Å². The molecule has 2 aromatic rings. The first kappa shape index (κ1) is 31.2. The minimum absolute atomic E-state index is 0.0163. The predicted molar refractivity (Wildman–Crippen MR) is 151 cm³/mol. The Morgan fingerprint density at radius 1 is 0.829 bits per heavy atom. The Hall–Kier alpha value is -2.70. The summed E-state index contributed by atoms with van der Waals surface area (Å²) in [6.07, 6.45) is 10.4. The maximum atomic E-state index is 14.9. The van der Waals surface area contributed by atoms with Gasteiger partial charge in [-0.05, 0) is 118 Å². The summed E-state index contributed by atoms with van der Waals surface area (Å²) < 4.78 is 91.7. The van der Waals surface area contributed by atoms with Crippen molar-refractivity contribution in [3.05, 3.63) is 82.7 Å². The first-order valence-electron chi connectivity index (χ1n) is 15.0. The van der Waals surface area contributed by atoms with Crippen LogP contribution in [0.1, 0.15) is 100 Å². The minimum Gasteiger partial charge on any atom is -0.488 e. The number of hydrogen-bond donors (Lipinski definition) is 0. The van der Waals surface area contributed by atoms with E-state index in [1.165, 1.54) is 18.2 Å². The van der Waals surface area contributed by atoms with Crippen molar-refractivity contribution in [1.29, 1.82) is 0 Å². The van der Waals surface area contributed by atoms with Crippen LogP contribution in [0.25, 0.3) is 5.83 Å². The topological polar surface area (TPSA) is 9.23 Å². The lowest BCUT2D eigenvalue weighted by Gasteiger charge is -2.38. The van der Waals surface area contributed by atoms with Gasteiger partial charge in [0.15, 0.2) is 23.2 Å². The number of aryl methyl sites for hydroxylation is 1. The molecule has 2 fully saturated rings. The predicted octanol–water partition coefficient (Wildman–Crippen LogP) is 10.9. The second-order valence-electron chi connectivity index (χ2n) is 11.7. The van der Waals surface area contributed by atoms with E-state index in [0.717, 1.165) is 57.1 Å². The standard InChI is InChI=1S/C34H40F6O/c1-3-5-6-27(35)33(40)26-19-28(36)32(29(37)20-26)25-15-13-24(14-16-25)23-11-9-21(10-12-23)7-8-22-17-30(38)34(41-4-2)31(39)18-22/h3,17-21,23-25H,1,4-16H2,2H3/b33-27+. The molecule has 41 heavy (non-hydrogen) atoms. The van der Waals surface area contributed by atoms with Crippen molar-refractivity contribution >= 4 is 5.83 Å². The lowest BCUT2D eigenvalue weighted by atomic mass is 9.67. The van der Waals surface area contributed by atoms with Gasteiger partial charge in [0.05, 0.1) is 6.61 Å². The quantitative estimate of drug-likeness (QED) is 0.190. The summed E-state index contributed by atoms with van der Waals surface area (Å²) in [7, 11) is 0. The van der Waals surface area contributed by atoms with Crippen LogP contribution in [0, 0.1) is 41.0 Å². The van der Waals surface area contributed by atoms with Crippen LogP contribution in [-0.4, -0.2) is 6.61 Å². The molecule has 0 atom stereocenters. The number of benzene rings is 2. The Balaban J connectivity index is 1.26. The molecule has 0 aliphatic heterocycles. The van der Waals surface area contributed by atoms with E-state index in [-0.39, 0.29) is 36.7 Å². The van der Waals surface area contributed by atoms with E-state index >= 15 is 0 Å². The number of rotatable bonds is 11. The van der Waals surface area contributed by atoms with E-state index in [2.05, 4.69) is 6.58 Å². The Labute approximate surface area is 239 Å². The summed E-state index contributed by atoms with van der Waals surface area (Å²) in [6, 6.07) is 4.55. The monoisotopic (exact) mass is 578 g/mol. The molecular weight excluding hydrogens is 538 g/mol. The molecule has 2 aromatic carbocycles. The number of halogens is 6. The zero-order valence-electron chi connectivity index (χ0n) is 23.8. The Kier molecular flexibility index (Phi) is 11.0. The molecule has 0 radical (unpaired) electrons. The molecule has 7 heteroatoms. The van der Waals surface area contributed by atoms with Gasteiger partial charge in [-0.25, -0.2) is 26.3 Å². The summed E-state index contributed by atoms with van der Waals surface area (Å²) in [4.78, 5) is 0. The summed E-state index contributed by atoms with van der Waals surface area (Å²) in [5.41, 5.74) is 0.221. The highest BCUT2D eigenvalue weighted by atomic mass is 19.2. The molecule has 0 bridgehead atoms. The highest BCUT2D eigenvalue weighted by Crippen LogP contribution is 2.45. The average molecular weight is 579 g/mol. The third kappa shape index (κ3) is 7.78. The molecule has 2 aliphatic rings. The van der Waals surface area contributed by atoms with Crippen LogP contribution < -0.4 is 4.74 Å². The Bertz CT molecular complexity index is 1180. The van der Waals surface area contributed by atoms with Crippen molar-refractivity contribution in [3.63, 3.8) is 0 Å². The van der Waals surface area contributed by atoms with Crippen molar-refractivity contribution in [2.45, 2.75) is 89.9 Å². The van der Waals surface area contributed by atoms with E-state index in [4.69, 9.17) is 4.74 Å². The lowest BCUT2D eigenvalue weighted by Crippen LogP contribution is -2.26. The SMILES string of the molecule is C=CCC/C(F)=C(\F)c1cc(F)c(C2CCC(C3CCC(CCc4cc(F)c(OCC)c(F)c4)CC3)CC2)c(F)c1. The lowest BCUT2D eigenvalue weighted by molar-refractivity contribution is 0.155. The second-order valence-corrected chi connectivity index (χ2v) is 11.7. The third-order valence-corrected chi connectivity index (χ3v) is 9.06. The molecule has 1 nitrogen and oxygen atoms in total. The zero-order chi connectivity index (χ0) is 29.5. The summed E-state index contributed by atoms with van der Waals surface area (Å²) in [5, 5.41) is 0. The highest BCUT2D eigenvalue weighted by Gasteiger charge is 2.33. The van der Waals surface area contributed by atoms with Gasteiger partial charge in [0, 0.05) is 17.5 Å². The van der Waals surface area contributed by atoms with Gasteiger partial charge in [0.25, 0.3) is 0 Å². The summed E-state index contributed by atoms with van der Waals surface area (Å²) in [5.74, 6) is -4.21. The molecule has 0 aromatic heterocycles. The van der Waals surface area contributed by atoms with Gasteiger partial charge in [-0.3, -0.25) is 0 Å². The van der Waals surface area contributed by atoms with Crippen LogP contribution >= 0.6 is 0 Å². The summed E-state index contributed by atoms with van der Waals surface area (Å²) >= 11 is 0. The molecule has 224 valence electrons. The number of allylic oxidation sites excluding steroid dienone is 2. The molecule has 0 saturated heterocycles. The van der Waals surface area contributed by atoms with Crippen LogP contribution in [0.5, 0.6) is 5.75 Å². The minimum atomic E-state index is -1.23. The van der Waals surface area contributed by atoms with Crippen LogP contribution in [0.2, 0.25) is 0 Å². The largest absolute Gasteiger partial charge is 0.488 e. The fourth-order valence-electron chi connectivity index (χ4n) is 6.83. The van der Waals surface area contributed by atoms with Gasteiger partial charge in [-0.2, -0.15) is 0 Å². The molecular formula is C34H40F6O. The Morgan fingerprint density at radius 2 is 1.39 bits per heavy atom. The fourth-order valence-corrected chi connectivity index (χ4v) is 6.83. The van der Waals surface area contributed by atoms with Crippen molar-refractivity contribution in [3.8, 4) is 5.75 Å². The molecule has 2 aliphatic carbocycles. The molecule has 0 amide bonds. The highest BCUT2D eigenvalue weighted by molar-refractivity contribution is 5.61. The van der Waals surface area contributed by atoms with Gasteiger partial charge in [-0.1, -0.05) is 18.9 Å². The van der Waals surface area contributed by atoms with Gasteiger partial charge >= 0.3 is 0 Å². The van der Waals surface area contributed by atoms with E-state index in [9.17, 15) is 26.3 Å². The van der Waals surface area contributed by atoms with Crippen LogP contribution in [-0.2, 0) is 6.42 Å². The molecule has 0 N–H and O–H groups in total. The van der Waals surface area contributed by atoms with Crippen LogP contribution in [0.3, 0.4) is 0 Å². The van der Waals surface area contributed by atoms with Gasteiger partial charge in [0.2, 0.25) is 0 Å². The van der Waals surface area contributed by atoms with Gasteiger partial charge in [0.1, 0.15) is 17.5 Å². The second kappa shape index (κ2) is 14.5. The summed E-state index contributed by atoms with van der Waals surface area (Å²) in [6.45, 7) is 5.36. The first-order valence-corrected chi connectivity index (χ1v) is 15.0. The van der Waals surface area contributed by atoms with E-state index in [1.54, 1.807) is 6.92 Å². The van der Waals surface area contributed by atoms with Crippen molar-refractivity contribution < 1.29 is 31.1 Å². The third-order valence-electron chi connectivity index (χ3n) is 9.06. The molecule has 0 heterocycles. The van der Waals surface area contributed by atoms with E-state index in [0.29, 0.717) is 42.6 Å². The molecule has 4 rings (SSSR count). The van der Waals surface area contributed by atoms with Crippen LogP contribution in [0.15, 0.2) is 42.7 Å². The van der Waals surface area contributed by atoms with Crippen LogP contribution in [0.4, 0.5) is 26.3 Å². The maximum absolute atomic E-state index is 14.9. The zero-order valence-corrected chi connectivity index (χ0v) is 23.8.